The lowest BCUT2D eigenvalue weighted by Gasteiger charge is -2.18. The Kier molecular flexibility index (Phi) is 13.5. The standard InChI is InChI=1S/C20H34O4/c1-2-3-4-5-6-8-13-20(18-22-15-14-21)24-17-16-23-19-11-9-7-10-12-19/h7,9-12,20-21H,2-6,8,13-18H2,1H3. The maximum atomic E-state index is 8.83. The van der Waals surface area contributed by atoms with Crippen LogP contribution in [0.3, 0.4) is 0 Å². The summed E-state index contributed by atoms with van der Waals surface area (Å²) in [6.45, 7) is 4.30. The van der Waals surface area contributed by atoms with E-state index in [0.717, 1.165) is 18.6 Å². The number of benzene rings is 1. The molecule has 1 N–H and O–H groups in total. The summed E-state index contributed by atoms with van der Waals surface area (Å²) in [6, 6.07) is 9.77. The molecule has 0 aromatic heterocycles. The van der Waals surface area contributed by atoms with Gasteiger partial charge in [0.25, 0.3) is 0 Å². The molecule has 1 rings (SSSR count). The van der Waals surface area contributed by atoms with Crippen LogP contribution in [0.1, 0.15) is 51.9 Å². The van der Waals surface area contributed by atoms with Crippen LogP contribution in [0.4, 0.5) is 0 Å². The molecule has 0 saturated heterocycles. The average Bonchev–Trinajstić information content (AvgIpc) is 2.62. The zero-order valence-electron chi connectivity index (χ0n) is 15.1. The van der Waals surface area contributed by atoms with Gasteiger partial charge in [-0.3, -0.25) is 0 Å². The summed E-state index contributed by atoms with van der Waals surface area (Å²) in [6.07, 6.45) is 8.74. The van der Waals surface area contributed by atoms with E-state index in [0.29, 0.717) is 26.4 Å². The molecule has 0 bridgehead atoms. The van der Waals surface area contributed by atoms with E-state index < -0.39 is 0 Å². The molecule has 138 valence electrons. The number of aliphatic hydroxyl groups excluding tert-OH is 1. The van der Waals surface area contributed by atoms with Crippen molar-refractivity contribution in [3.63, 3.8) is 0 Å². The Hall–Kier alpha value is -1.10. The molecule has 0 radical (unpaired) electrons. The van der Waals surface area contributed by atoms with Gasteiger partial charge in [0.15, 0.2) is 0 Å². The molecule has 4 nitrogen and oxygen atoms in total. The Balaban J connectivity index is 2.15. The van der Waals surface area contributed by atoms with Crippen molar-refractivity contribution in [1.29, 1.82) is 0 Å². The molecule has 0 saturated carbocycles. The molecule has 0 aliphatic heterocycles. The second-order valence-corrected chi connectivity index (χ2v) is 6.01. The van der Waals surface area contributed by atoms with Crippen molar-refractivity contribution in [2.45, 2.75) is 58.0 Å². The van der Waals surface area contributed by atoms with Gasteiger partial charge in [-0.25, -0.2) is 0 Å². The minimum absolute atomic E-state index is 0.0564. The van der Waals surface area contributed by atoms with Gasteiger partial charge in [0.1, 0.15) is 12.4 Å². The van der Waals surface area contributed by atoms with E-state index in [9.17, 15) is 0 Å². The molecule has 0 amide bonds. The van der Waals surface area contributed by atoms with Crippen molar-refractivity contribution >= 4 is 0 Å². The number of unbranched alkanes of at least 4 members (excludes halogenated alkanes) is 5. The van der Waals surface area contributed by atoms with E-state index in [1.807, 2.05) is 30.3 Å². The third-order valence-electron chi connectivity index (χ3n) is 3.87. The minimum atomic E-state index is 0.0564. The normalized spacial score (nSPS) is 12.2. The molecule has 1 aromatic carbocycles. The third kappa shape index (κ3) is 11.4. The van der Waals surface area contributed by atoms with Crippen molar-refractivity contribution in [2.75, 3.05) is 33.0 Å². The summed E-state index contributed by atoms with van der Waals surface area (Å²) in [7, 11) is 0. The molecule has 1 aromatic rings. The predicted molar refractivity (Wildman–Crippen MR) is 97.6 cm³/mol. The summed E-state index contributed by atoms with van der Waals surface area (Å²) in [4.78, 5) is 0. The Morgan fingerprint density at radius 2 is 1.67 bits per heavy atom. The summed E-state index contributed by atoms with van der Waals surface area (Å²) in [5.74, 6) is 0.866. The molecule has 4 heteroatoms. The third-order valence-corrected chi connectivity index (χ3v) is 3.87. The lowest BCUT2D eigenvalue weighted by atomic mass is 10.1. The lowest BCUT2D eigenvalue weighted by molar-refractivity contribution is -0.0355. The molecule has 0 fully saturated rings. The van der Waals surface area contributed by atoms with E-state index in [1.165, 1.54) is 32.1 Å². The summed E-state index contributed by atoms with van der Waals surface area (Å²) in [5, 5.41) is 8.83. The van der Waals surface area contributed by atoms with Crippen molar-refractivity contribution in [2.24, 2.45) is 0 Å². The Bertz CT molecular complexity index is 369. The van der Waals surface area contributed by atoms with Gasteiger partial charge in [-0.05, 0) is 18.6 Å². The van der Waals surface area contributed by atoms with E-state index in [-0.39, 0.29) is 12.7 Å². The molecule has 1 atom stereocenters. The second kappa shape index (κ2) is 15.4. The largest absolute Gasteiger partial charge is 0.491 e. The minimum Gasteiger partial charge on any atom is -0.491 e. The van der Waals surface area contributed by atoms with Crippen molar-refractivity contribution < 1.29 is 19.3 Å². The zero-order valence-corrected chi connectivity index (χ0v) is 15.1. The highest BCUT2D eigenvalue weighted by Gasteiger charge is 2.09. The quantitative estimate of drug-likeness (QED) is 0.459. The molecular formula is C20H34O4. The Morgan fingerprint density at radius 3 is 2.42 bits per heavy atom. The van der Waals surface area contributed by atoms with Gasteiger partial charge in [0.2, 0.25) is 0 Å². The van der Waals surface area contributed by atoms with Crippen LogP contribution in [-0.4, -0.2) is 44.2 Å². The summed E-state index contributed by atoms with van der Waals surface area (Å²) >= 11 is 0. The fourth-order valence-corrected chi connectivity index (χ4v) is 2.54. The van der Waals surface area contributed by atoms with Crippen molar-refractivity contribution in [1.82, 2.24) is 0 Å². The van der Waals surface area contributed by atoms with Crippen LogP contribution in [0.2, 0.25) is 0 Å². The van der Waals surface area contributed by atoms with Gasteiger partial charge < -0.3 is 19.3 Å². The maximum Gasteiger partial charge on any atom is 0.119 e. The van der Waals surface area contributed by atoms with E-state index in [1.54, 1.807) is 0 Å². The highest BCUT2D eigenvalue weighted by molar-refractivity contribution is 5.20. The maximum absolute atomic E-state index is 8.83. The second-order valence-electron chi connectivity index (χ2n) is 6.01. The fourth-order valence-electron chi connectivity index (χ4n) is 2.54. The first-order valence-electron chi connectivity index (χ1n) is 9.35. The highest BCUT2D eigenvalue weighted by Crippen LogP contribution is 2.12. The molecule has 24 heavy (non-hydrogen) atoms. The molecule has 1 unspecified atom stereocenters. The topological polar surface area (TPSA) is 47.9 Å². The van der Waals surface area contributed by atoms with Crippen LogP contribution in [0, 0.1) is 0 Å². The fraction of sp³-hybridized carbons (Fsp3) is 0.700. The number of rotatable bonds is 16. The van der Waals surface area contributed by atoms with Crippen LogP contribution in [0.25, 0.3) is 0 Å². The number of hydrogen-bond donors (Lipinski definition) is 1. The SMILES string of the molecule is CCCCCCCCC(COCCO)OCCOc1ccccc1. The van der Waals surface area contributed by atoms with Crippen LogP contribution >= 0.6 is 0 Å². The van der Waals surface area contributed by atoms with Crippen molar-refractivity contribution in [3.05, 3.63) is 30.3 Å². The molecule has 0 heterocycles. The van der Waals surface area contributed by atoms with E-state index in [4.69, 9.17) is 19.3 Å². The first kappa shape index (κ1) is 20.9. The monoisotopic (exact) mass is 338 g/mol. The number of ether oxygens (including phenoxy) is 3. The van der Waals surface area contributed by atoms with Gasteiger partial charge in [-0.15, -0.1) is 0 Å². The predicted octanol–water partition coefficient (Wildman–Crippen LogP) is 4.21. The molecule has 0 spiro atoms. The molecule has 0 aliphatic carbocycles. The first-order chi connectivity index (χ1) is 11.9. The Morgan fingerprint density at radius 1 is 0.917 bits per heavy atom. The van der Waals surface area contributed by atoms with Crippen molar-refractivity contribution in [3.8, 4) is 5.75 Å². The lowest BCUT2D eigenvalue weighted by Crippen LogP contribution is -2.23. The van der Waals surface area contributed by atoms with Gasteiger partial charge >= 0.3 is 0 Å². The number of para-hydroxylation sites is 1. The summed E-state index contributed by atoms with van der Waals surface area (Å²) < 4.78 is 17.0. The Labute approximate surface area is 147 Å². The van der Waals surface area contributed by atoms with Crippen LogP contribution < -0.4 is 4.74 Å². The number of aliphatic hydroxyl groups is 1. The zero-order chi connectivity index (χ0) is 17.3. The highest BCUT2D eigenvalue weighted by atomic mass is 16.6. The molecular weight excluding hydrogens is 304 g/mol. The smallest absolute Gasteiger partial charge is 0.119 e. The summed E-state index contributed by atoms with van der Waals surface area (Å²) in [5.41, 5.74) is 0. The first-order valence-corrected chi connectivity index (χ1v) is 9.35. The van der Waals surface area contributed by atoms with E-state index >= 15 is 0 Å². The van der Waals surface area contributed by atoms with Crippen LogP contribution in [0.5, 0.6) is 5.75 Å². The van der Waals surface area contributed by atoms with Crippen LogP contribution in [-0.2, 0) is 9.47 Å². The van der Waals surface area contributed by atoms with E-state index in [2.05, 4.69) is 6.92 Å². The van der Waals surface area contributed by atoms with Gasteiger partial charge in [-0.1, -0.05) is 63.6 Å². The van der Waals surface area contributed by atoms with Gasteiger partial charge in [0, 0.05) is 0 Å². The molecule has 0 aliphatic rings. The van der Waals surface area contributed by atoms with Gasteiger partial charge in [-0.2, -0.15) is 0 Å². The van der Waals surface area contributed by atoms with Crippen LogP contribution in [0.15, 0.2) is 30.3 Å². The average molecular weight is 338 g/mol. The van der Waals surface area contributed by atoms with Gasteiger partial charge in [0.05, 0.1) is 32.5 Å². The number of hydrogen-bond acceptors (Lipinski definition) is 4.